The highest BCUT2D eigenvalue weighted by molar-refractivity contribution is 6.31. The first kappa shape index (κ1) is 26.2. The molecule has 39 heavy (non-hydrogen) atoms. The standard InChI is InChI=1S/C28H27ClFN7O2/c1-38-24-13-12-19(16-25(24)39-18-21-22(29)10-7-11-23(21)30)17-31-36-27-33-26(32-20-8-3-2-4-9-20)34-28(35-27)37-14-5-6-15-37/h2-4,7-13,16-17H,5-6,14-15,18H2,1H3,(H2,32,33,34,35,36). The van der Waals surface area contributed by atoms with Gasteiger partial charge in [0.15, 0.2) is 11.5 Å². The Kier molecular flexibility index (Phi) is 8.33. The molecule has 1 saturated heterocycles. The van der Waals surface area contributed by atoms with Crippen LogP contribution >= 0.6 is 11.6 Å². The number of hydrazone groups is 1. The summed E-state index contributed by atoms with van der Waals surface area (Å²) in [5.74, 6) is 1.80. The summed E-state index contributed by atoms with van der Waals surface area (Å²) >= 11 is 6.13. The lowest BCUT2D eigenvalue weighted by atomic mass is 10.2. The second-order valence-electron chi connectivity index (χ2n) is 8.74. The van der Waals surface area contributed by atoms with Gasteiger partial charge in [-0.3, -0.25) is 0 Å². The molecule has 1 fully saturated rings. The highest BCUT2D eigenvalue weighted by atomic mass is 35.5. The van der Waals surface area contributed by atoms with E-state index >= 15 is 0 Å². The van der Waals surface area contributed by atoms with Crippen molar-refractivity contribution >= 4 is 41.3 Å². The van der Waals surface area contributed by atoms with E-state index in [1.807, 2.05) is 36.4 Å². The second kappa shape index (κ2) is 12.4. The Morgan fingerprint density at radius 1 is 0.974 bits per heavy atom. The number of hydrogen-bond acceptors (Lipinski definition) is 9. The Morgan fingerprint density at radius 2 is 1.77 bits per heavy atom. The third-order valence-electron chi connectivity index (χ3n) is 6.04. The van der Waals surface area contributed by atoms with Crippen LogP contribution in [0.3, 0.4) is 0 Å². The van der Waals surface area contributed by atoms with E-state index in [0.717, 1.165) is 37.2 Å². The lowest BCUT2D eigenvalue weighted by Crippen LogP contribution is -2.21. The summed E-state index contributed by atoms with van der Waals surface area (Å²) < 4.78 is 25.4. The smallest absolute Gasteiger partial charge is 0.250 e. The van der Waals surface area contributed by atoms with Gasteiger partial charge < -0.3 is 19.7 Å². The first-order valence-electron chi connectivity index (χ1n) is 12.4. The van der Waals surface area contributed by atoms with Crippen LogP contribution in [0, 0.1) is 5.82 Å². The number of nitrogens with one attached hydrogen (secondary N) is 2. The molecule has 3 aromatic carbocycles. The van der Waals surface area contributed by atoms with Gasteiger partial charge in [0.2, 0.25) is 17.8 Å². The summed E-state index contributed by atoms with van der Waals surface area (Å²) in [4.78, 5) is 15.8. The van der Waals surface area contributed by atoms with E-state index in [9.17, 15) is 4.39 Å². The lowest BCUT2D eigenvalue weighted by molar-refractivity contribution is 0.280. The van der Waals surface area contributed by atoms with Crippen LogP contribution in [0.1, 0.15) is 24.0 Å². The number of halogens is 2. The Labute approximate surface area is 230 Å². The summed E-state index contributed by atoms with van der Waals surface area (Å²) in [6, 6.07) is 19.5. The SMILES string of the molecule is COc1ccc(C=NNc2nc(Nc3ccccc3)nc(N3CCCC3)n2)cc1OCc1c(F)cccc1Cl. The molecule has 1 aliphatic rings. The van der Waals surface area contributed by atoms with Gasteiger partial charge in [-0.05, 0) is 60.9 Å². The number of rotatable bonds is 10. The molecule has 0 unspecified atom stereocenters. The second-order valence-corrected chi connectivity index (χ2v) is 9.14. The highest BCUT2D eigenvalue weighted by Crippen LogP contribution is 2.30. The van der Waals surface area contributed by atoms with Crippen LogP contribution in [0.4, 0.5) is 27.9 Å². The van der Waals surface area contributed by atoms with Crippen molar-refractivity contribution in [3.63, 3.8) is 0 Å². The molecule has 4 aromatic rings. The summed E-state index contributed by atoms with van der Waals surface area (Å²) in [6.45, 7) is 1.73. The number of anilines is 4. The van der Waals surface area contributed by atoms with Gasteiger partial charge in [-0.1, -0.05) is 35.9 Å². The highest BCUT2D eigenvalue weighted by Gasteiger charge is 2.17. The van der Waals surface area contributed by atoms with Crippen molar-refractivity contribution < 1.29 is 13.9 Å². The molecule has 0 aliphatic carbocycles. The minimum absolute atomic E-state index is 0.0535. The number of nitrogens with zero attached hydrogens (tertiary/aromatic N) is 5. The van der Waals surface area contributed by atoms with Gasteiger partial charge >= 0.3 is 0 Å². The first-order valence-corrected chi connectivity index (χ1v) is 12.8. The van der Waals surface area contributed by atoms with Gasteiger partial charge in [-0.15, -0.1) is 0 Å². The zero-order valence-corrected chi connectivity index (χ0v) is 22.0. The molecular formula is C28H27ClFN7O2. The quantitative estimate of drug-likeness (QED) is 0.183. The molecule has 0 radical (unpaired) electrons. The molecule has 0 atom stereocenters. The molecule has 2 heterocycles. The molecule has 1 aromatic heterocycles. The topological polar surface area (TPSA) is 96.8 Å². The fourth-order valence-electron chi connectivity index (χ4n) is 4.05. The van der Waals surface area contributed by atoms with Crippen molar-refractivity contribution in [3.05, 3.63) is 88.7 Å². The fraction of sp³-hybridized carbons (Fsp3) is 0.214. The predicted molar refractivity (Wildman–Crippen MR) is 151 cm³/mol. The van der Waals surface area contributed by atoms with Gasteiger partial charge in [0.05, 0.1) is 18.3 Å². The first-order chi connectivity index (χ1) is 19.1. The third kappa shape index (κ3) is 6.71. The minimum Gasteiger partial charge on any atom is -0.493 e. The van der Waals surface area contributed by atoms with E-state index in [-0.39, 0.29) is 12.2 Å². The molecule has 5 rings (SSSR count). The molecule has 11 heteroatoms. The maximum atomic E-state index is 14.2. The minimum atomic E-state index is -0.435. The third-order valence-corrected chi connectivity index (χ3v) is 6.40. The molecule has 2 N–H and O–H groups in total. The average Bonchev–Trinajstić information content (AvgIpc) is 3.49. The zero-order chi connectivity index (χ0) is 27.0. The molecule has 0 amide bonds. The number of benzene rings is 3. The van der Waals surface area contributed by atoms with Crippen molar-refractivity contribution in [1.29, 1.82) is 0 Å². The van der Waals surface area contributed by atoms with Gasteiger partial charge in [0, 0.05) is 24.3 Å². The van der Waals surface area contributed by atoms with Crippen molar-refractivity contribution in [3.8, 4) is 11.5 Å². The van der Waals surface area contributed by atoms with Crippen molar-refractivity contribution in [2.75, 3.05) is 35.8 Å². The molecule has 0 bridgehead atoms. The van der Waals surface area contributed by atoms with Crippen LogP contribution in [0.5, 0.6) is 11.5 Å². The normalized spacial score (nSPS) is 13.1. The van der Waals surface area contributed by atoms with E-state index < -0.39 is 5.82 Å². The average molecular weight is 548 g/mol. The van der Waals surface area contributed by atoms with Crippen LogP contribution in [0.2, 0.25) is 5.02 Å². The number of methoxy groups -OCH3 is 1. The van der Waals surface area contributed by atoms with Crippen LogP contribution in [-0.4, -0.2) is 41.4 Å². The van der Waals surface area contributed by atoms with Gasteiger partial charge in [0.1, 0.15) is 12.4 Å². The van der Waals surface area contributed by atoms with Crippen LogP contribution < -0.4 is 25.1 Å². The Balaban J connectivity index is 1.32. The molecule has 1 aliphatic heterocycles. The van der Waals surface area contributed by atoms with Crippen LogP contribution in [0.15, 0.2) is 71.8 Å². The van der Waals surface area contributed by atoms with E-state index in [2.05, 4.69) is 35.7 Å². The van der Waals surface area contributed by atoms with Crippen molar-refractivity contribution in [2.24, 2.45) is 5.10 Å². The van der Waals surface area contributed by atoms with Crippen molar-refractivity contribution in [2.45, 2.75) is 19.4 Å². The summed E-state index contributed by atoms with van der Waals surface area (Å²) in [7, 11) is 1.54. The monoisotopic (exact) mass is 547 g/mol. The summed E-state index contributed by atoms with van der Waals surface area (Å²) in [5.41, 5.74) is 4.76. The van der Waals surface area contributed by atoms with E-state index in [1.54, 1.807) is 30.5 Å². The Morgan fingerprint density at radius 3 is 2.54 bits per heavy atom. The largest absolute Gasteiger partial charge is 0.493 e. The predicted octanol–water partition coefficient (Wildman–Crippen LogP) is 6.04. The number of para-hydroxylation sites is 1. The summed E-state index contributed by atoms with van der Waals surface area (Å²) in [5, 5.41) is 7.84. The zero-order valence-electron chi connectivity index (χ0n) is 21.3. The van der Waals surface area contributed by atoms with Crippen LogP contribution in [-0.2, 0) is 6.61 Å². The van der Waals surface area contributed by atoms with Crippen LogP contribution in [0.25, 0.3) is 0 Å². The summed E-state index contributed by atoms with van der Waals surface area (Å²) in [6.07, 6.45) is 3.80. The molecule has 200 valence electrons. The number of ether oxygens (including phenoxy) is 2. The number of aromatic nitrogens is 3. The number of hydrogen-bond donors (Lipinski definition) is 2. The fourth-order valence-corrected chi connectivity index (χ4v) is 4.27. The molecule has 0 saturated carbocycles. The van der Waals surface area contributed by atoms with Gasteiger partial charge in [0.25, 0.3) is 0 Å². The van der Waals surface area contributed by atoms with E-state index in [1.165, 1.54) is 13.2 Å². The van der Waals surface area contributed by atoms with E-state index in [4.69, 9.17) is 21.1 Å². The maximum absolute atomic E-state index is 14.2. The Bertz CT molecular complexity index is 1430. The molecular weight excluding hydrogens is 521 g/mol. The van der Waals surface area contributed by atoms with E-state index in [0.29, 0.717) is 34.4 Å². The molecule has 0 spiro atoms. The Hall–Kier alpha value is -4.44. The van der Waals surface area contributed by atoms with Crippen molar-refractivity contribution in [1.82, 2.24) is 15.0 Å². The van der Waals surface area contributed by atoms with Gasteiger partial charge in [-0.25, -0.2) is 9.82 Å². The molecule has 9 nitrogen and oxygen atoms in total. The van der Waals surface area contributed by atoms with Gasteiger partial charge in [-0.2, -0.15) is 20.1 Å². The maximum Gasteiger partial charge on any atom is 0.250 e. The lowest BCUT2D eigenvalue weighted by Gasteiger charge is -2.16.